The van der Waals surface area contributed by atoms with Gasteiger partial charge in [0.1, 0.15) is 0 Å². The Balaban J connectivity index is 1.46. The smallest absolute Gasteiger partial charge is 0.258 e. The molecule has 0 bridgehead atoms. The van der Waals surface area contributed by atoms with Crippen molar-refractivity contribution in [1.29, 1.82) is 0 Å². The summed E-state index contributed by atoms with van der Waals surface area (Å²) in [5.41, 5.74) is 6.55. The van der Waals surface area contributed by atoms with Crippen LogP contribution >= 0.6 is 0 Å². The second kappa shape index (κ2) is 8.78. The minimum absolute atomic E-state index is 0.0476. The van der Waals surface area contributed by atoms with Crippen molar-refractivity contribution >= 4 is 23.0 Å². The maximum atomic E-state index is 13.4. The molecule has 2 aliphatic rings. The van der Waals surface area contributed by atoms with E-state index in [1.165, 1.54) is 16.8 Å². The van der Waals surface area contributed by atoms with Crippen molar-refractivity contribution in [3.63, 3.8) is 0 Å². The molecule has 4 heteroatoms. The van der Waals surface area contributed by atoms with Crippen LogP contribution in [0.5, 0.6) is 0 Å². The van der Waals surface area contributed by atoms with Crippen LogP contribution in [-0.2, 0) is 0 Å². The number of benzene rings is 3. The van der Waals surface area contributed by atoms with Crippen LogP contribution in [0.4, 0.5) is 17.1 Å². The van der Waals surface area contributed by atoms with Gasteiger partial charge in [-0.1, -0.05) is 42.5 Å². The predicted octanol–water partition coefficient (Wildman–Crippen LogP) is 6.25. The number of para-hydroxylation sites is 1. The molecule has 0 spiro atoms. The lowest BCUT2D eigenvalue weighted by Gasteiger charge is -2.38. The SMILES string of the molecule is CCN(C(=O)c1ccc2c(c1)C1C=CCC1C(c1ccc(N(C)C)cc1)N2)c1ccccc1. The number of nitrogens with zero attached hydrogens (tertiary/aromatic N) is 2. The Bertz CT molecular complexity index is 1170. The van der Waals surface area contributed by atoms with Crippen molar-refractivity contribution in [2.75, 3.05) is 35.8 Å². The van der Waals surface area contributed by atoms with Crippen molar-refractivity contribution in [3.8, 4) is 0 Å². The first-order valence-corrected chi connectivity index (χ1v) is 11.8. The van der Waals surface area contributed by atoms with E-state index < -0.39 is 0 Å². The average Bonchev–Trinajstić information content (AvgIpc) is 3.35. The maximum absolute atomic E-state index is 13.4. The Kier molecular flexibility index (Phi) is 5.67. The van der Waals surface area contributed by atoms with Gasteiger partial charge in [-0.2, -0.15) is 0 Å². The van der Waals surface area contributed by atoms with Crippen LogP contribution in [0.2, 0.25) is 0 Å². The third kappa shape index (κ3) is 3.91. The van der Waals surface area contributed by atoms with Crippen LogP contribution in [0.1, 0.15) is 46.8 Å². The van der Waals surface area contributed by atoms with Gasteiger partial charge in [0.15, 0.2) is 0 Å². The van der Waals surface area contributed by atoms with Gasteiger partial charge in [0.25, 0.3) is 5.91 Å². The molecular formula is C29H31N3O. The van der Waals surface area contributed by atoms with Crippen LogP contribution in [0.3, 0.4) is 0 Å². The molecule has 1 N–H and O–H groups in total. The van der Waals surface area contributed by atoms with E-state index in [0.29, 0.717) is 18.4 Å². The minimum Gasteiger partial charge on any atom is -0.378 e. The fraction of sp³-hybridized carbons (Fsp3) is 0.276. The summed E-state index contributed by atoms with van der Waals surface area (Å²) in [6.07, 6.45) is 5.67. The lowest BCUT2D eigenvalue weighted by molar-refractivity contribution is 0.0988. The summed E-state index contributed by atoms with van der Waals surface area (Å²) >= 11 is 0. The highest BCUT2D eigenvalue weighted by atomic mass is 16.2. The van der Waals surface area contributed by atoms with Gasteiger partial charge < -0.3 is 15.1 Å². The molecule has 3 unspecified atom stereocenters. The highest BCUT2D eigenvalue weighted by Crippen LogP contribution is 2.50. The lowest BCUT2D eigenvalue weighted by Crippen LogP contribution is -2.32. The van der Waals surface area contributed by atoms with E-state index in [1.807, 2.05) is 48.2 Å². The predicted molar refractivity (Wildman–Crippen MR) is 137 cm³/mol. The fourth-order valence-corrected chi connectivity index (χ4v) is 5.24. The van der Waals surface area contributed by atoms with Crippen LogP contribution in [0, 0.1) is 5.92 Å². The van der Waals surface area contributed by atoms with Crippen LogP contribution in [-0.4, -0.2) is 26.5 Å². The number of allylic oxidation sites excluding steroid dienone is 2. The van der Waals surface area contributed by atoms with Crippen LogP contribution in [0.25, 0.3) is 0 Å². The Morgan fingerprint density at radius 3 is 2.42 bits per heavy atom. The molecule has 4 nitrogen and oxygen atoms in total. The van der Waals surface area contributed by atoms with Gasteiger partial charge >= 0.3 is 0 Å². The van der Waals surface area contributed by atoms with E-state index in [4.69, 9.17) is 0 Å². The Labute approximate surface area is 196 Å². The molecule has 3 atom stereocenters. The molecule has 1 heterocycles. The molecule has 168 valence electrons. The number of hydrogen-bond donors (Lipinski definition) is 1. The molecule has 0 saturated carbocycles. The summed E-state index contributed by atoms with van der Waals surface area (Å²) < 4.78 is 0. The van der Waals surface area contributed by atoms with E-state index in [2.05, 4.69) is 72.9 Å². The Hall–Kier alpha value is -3.53. The minimum atomic E-state index is 0.0476. The second-order valence-corrected chi connectivity index (χ2v) is 9.15. The van der Waals surface area contributed by atoms with E-state index >= 15 is 0 Å². The van der Waals surface area contributed by atoms with E-state index in [9.17, 15) is 4.79 Å². The number of carbonyl (C=O) groups is 1. The Morgan fingerprint density at radius 1 is 0.970 bits per heavy atom. The molecule has 5 rings (SSSR count). The summed E-state index contributed by atoms with van der Waals surface area (Å²) in [7, 11) is 4.13. The number of anilines is 3. The van der Waals surface area contributed by atoms with Crippen LogP contribution < -0.4 is 15.1 Å². The van der Waals surface area contributed by atoms with Crippen molar-refractivity contribution < 1.29 is 4.79 Å². The molecule has 1 aliphatic heterocycles. The van der Waals surface area contributed by atoms with Gasteiger partial charge in [0, 0.05) is 49.2 Å². The molecule has 3 aromatic rings. The molecule has 0 fully saturated rings. The summed E-state index contributed by atoms with van der Waals surface area (Å²) in [6, 6.07) is 25.2. The first kappa shape index (κ1) is 21.3. The Morgan fingerprint density at radius 2 is 1.73 bits per heavy atom. The number of amides is 1. The van der Waals surface area contributed by atoms with Gasteiger partial charge in [-0.05, 0) is 72.9 Å². The molecule has 0 aromatic heterocycles. The highest BCUT2D eigenvalue weighted by molar-refractivity contribution is 6.06. The monoisotopic (exact) mass is 437 g/mol. The van der Waals surface area contributed by atoms with Gasteiger partial charge in [0.05, 0.1) is 6.04 Å². The molecule has 33 heavy (non-hydrogen) atoms. The van der Waals surface area contributed by atoms with Crippen molar-refractivity contribution in [2.24, 2.45) is 5.92 Å². The van der Waals surface area contributed by atoms with Crippen molar-refractivity contribution in [3.05, 3.63) is 102 Å². The molecular weight excluding hydrogens is 406 g/mol. The van der Waals surface area contributed by atoms with E-state index in [-0.39, 0.29) is 11.9 Å². The summed E-state index contributed by atoms with van der Waals surface area (Å²) in [6.45, 7) is 2.65. The number of hydrogen-bond acceptors (Lipinski definition) is 3. The fourth-order valence-electron chi connectivity index (χ4n) is 5.24. The zero-order valence-electron chi connectivity index (χ0n) is 19.5. The summed E-state index contributed by atoms with van der Waals surface area (Å²) in [5, 5.41) is 3.80. The standard InChI is InChI=1S/C29H31N3O/c1-4-32(23-9-6-5-7-10-23)29(33)21-15-18-27-26(19-21)24-11-8-12-25(24)28(30-27)20-13-16-22(17-14-20)31(2)3/h5-11,13-19,24-25,28,30H,4,12H2,1-3H3. The van der Waals surface area contributed by atoms with Gasteiger partial charge in [-0.3, -0.25) is 4.79 Å². The average molecular weight is 438 g/mol. The third-order valence-electron chi connectivity index (χ3n) is 7.01. The van der Waals surface area contributed by atoms with Gasteiger partial charge in [0.2, 0.25) is 0 Å². The van der Waals surface area contributed by atoms with Gasteiger partial charge in [-0.15, -0.1) is 0 Å². The molecule has 0 radical (unpaired) electrons. The molecule has 0 saturated heterocycles. The zero-order valence-corrected chi connectivity index (χ0v) is 19.5. The van der Waals surface area contributed by atoms with E-state index in [1.54, 1.807) is 0 Å². The number of nitrogens with one attached hydrogen (secondary N) is 1. The summed E-state index contributed by atoms with van der Waals surface area (Å²) in [4.78, 5) is 17.4. The van der Waals surface area contributed by atoms with Crippen LogP contribution in [0.15, 0.2) is 84.9 Å². The van der Waals surface area contributed by atoms with Crippen molar-refractivity contribution in [1.82, 2.24) is 0 Å². The first-order valence-electron chi connectivity index (χ1n) is 11.8. The highest BCUT2D eigenvalue weighted by Gasteiger charge is 2.38. The zero-order chi connectivity index (χ0) is 22.9. The number of carbonyl (C=O) groups excluding carboxylic acids is 1. The lowest BCUT2D eigenvalue weighted by atomic mass is 9.76. The molecule has 1 amide bonds. The third-order valence-corrected chi connectivity index (χ3v) is 7.01. The normalized spacial score (nSPS) is 20.5. The van der Waals surface area contributed by atoms with E-state index in [0.717, 1.165) is 23.4 Å². The maximum Gasteiger partial charge on any atom is 0.258 e. The number of fused-ring (bicyclic) bond motifs is 3. The topological polar surface area (TPSA) is 35.6 Å². The first-order chi connectivity index (χ1) is 16.1. The summed E-state index contributed by atoms with van der Waals surface area (Å²) in [5.74, 6) is 0.815. The van der Waals surface area contributed by atoms with Crippen molar-refractivity contribution in [2.45, 2.75) is 25.3 Å². The molecule has 3 aromatic carbocycles. The quantitative estimate of drug-likeness (QED) is 0.480. The largest absolute Gasteiger partial charge is 0.378 e. The molecule has 1 aliphatic carbocycles. The second-order valence-electron chi connectivity index (χ2n) is 9.15. The number of rotatable bonds is 5. The van der Waals surface area contributed by atoms with Gasteiger partial charge in [-0.25, -0.2) is 0 Å².